The number of alkyl halides is 3. The van der Waals surface area contributed by atoms with E-state index in [9.17, 15) is 22.8 Å². The Morgan fingerprint density at radius 1 is 1.28 bits per heavy atom. The molecule has 0 saturated carbocycles. The number of nitrogens with zero attached hydrogens (tertiary/aromatic N) is 3. The summed E-state index contributed by atoms with van der Waals surface area (Å²) in [6, 6.07) is 6.54. The van der Waals surface area contributed by atoms with Gasteiger partial charge in [0.25, 0.3) is 5.91 Å². The number of piperidine rings is 1. The molecule has 1 aromatic rings. The normalized spacial score (nSPS) is 16.9. The van der Waals surface area contributed by atoms with Crippen LogP contribution in [0, 0.1) is 5.92 Å². The van der Waals surface area contributed by atoms with E-state index in [0.29, 0.717) is 36.5 Å². The smallest absolute Gasteiger partial charge is 0.330 e. The number of rotatable bonds is 5. The van der Waals surface area contributed by atoms with Gasteiger partial charge in [-0.3, -0.25) is 14.5 Å². The highest BCUT2D eigenvalue weighted by atomic mass is 35.5. The number of likely N-dealkylation sites (tertiary alicyclic amines) is 1. The lowest BCUT2D eigenvalue weighted by Crippen LogP contribution is -2.57. The third-order valence-electron chi connectivity index (χ3n) is 5.37. The monoisotopic (exact) mass is 431 g/mol. The molecule has 2 rings (SSSR count). The summed E-state index contributed by atoms with van der Waals surface area (Å²) < 4.78 is 39.3. The lowest BCUT2D eigenvalue weighted by atomic mass is 9.98. The summed E-state index contributed by atoms with van der Waals surface area (Å²) in [5.41, 5.74) is -1.82. The molecule has 160 valence electrons. The Balaban J connectivity index is 1.84. The average molecular weight is 432 g/mol. The molecule has 0 radical (unpaired) electrons. The number of hydrogen-bond donors (Lipinski definition) is 0. The lowest BCUT2D eigenvalue weighted by Gasteiger charge is -2.39. The standard InChI is InChI=1S/C20H25ClF3N3O2/c1-19(2,20(22,23)24)26(3)17(28)13-27-9-7-14(8-10-27)12-25-18(29)15-5-4-6-16(21)11-15/h4-6,11-12,14H,7-10,13H2,1-3H3/b25-12+. The van der Waals surface area contributed by atoms with Gasteiger partial charge in [-0.05, 0) is 63.9 Å². The van der Waals surface area contributed by atoms with Crippen LogP contribution in [-0.2, 0) is 4.79 Å². The Kier molecular flexibility index (Phi) is 7.45. The van der Waals surface area contributed by atoms with Crippen molar-refractivity contribution in [2.24, 2.45) is 10.9 Å². The minimum absolute atomic E-state index is 0.0681. The van der Waals surface area contributed by atoms with Crippen molar-refractivity contribution in [3.63, 3.8) is 0 Å². The van der Waals surface area contributed by atoms with E-state index in [2.05, 4.69) is 4.99 Å². The molecule has 5 nitrogen and oxygen atoms in total. The first-order chi connectivity index (χ1) is 13.4. The molecule has 1 fully saturated rings. The van der Waals surface area contributed by atoms with Crippen LogP contribution in [0.25, 0.3) is 0 Å². The van der Waals surface area contributed by atoms with Crippen LogP contribution in [0.4, 0.5) is 13.2 Å². The summed E-state index contributed by atoms with van der Waals surface area (Å²) in [5, 5.41) is 0.461. The Hall–Kier alpha value is -1.93. The molecule has 0 N–H and O–H groups in total. The highest BCUT2D eigenvalue weighted by molar-refractivity contribution is 6.31. The van der Waals surface area contributed by atoms with Crippen molar-refractivity contribution in [2.75, 3.05) is 26.7 Å². The number of likely N-dealkylation sites (N-methyl/N-ethyl adjacent to an activating group) is 1. The van der Waals surface area contributed by atoms with Crippen molar-refractivity contribution in [3.8, 4) is 0 Å². The zero-order valence-corrected chi connectivity index (χ0v) is 17.4. The molecule has 1 heterocycles. The zero-order chi connectivity index (χ0) is 21.8. The molecule has 1 aromatic carbocycles. The number of carbonyl (C=O) groups is 2. The first kappa shape index (κ1) is 23.3. The van der Waals surface area contributed by atoms with Gasteiger partial charge in [-0.1, -0.05) is 17.7 Å². The van der Waals surface area contributed by atoms with E-state index in [4.69, 9.17) is 11.6 Å². The van der Waals surface area contributed by atoms with Crippen molar-refractivity contribution in [3.05, 3.63) is 34.9 Å². The highest BCUT2D eigenvalue weighted by Crippen LogP contribution is 2.34. The van der Waals surface area contributed by atoms with Crippen LogP contribution in [0.3, 0.4) is 0 Å². The van der Waals surface area contributed by atoms with E-state index < -0.39 is 17.6 Å². The highest BCUT2D eigenvalue weighted by Gasteiger charge is 2.51. The Labute approximate surface area is 173 Å². The maximum Gasteiger partial charge on any atom is 0.411 e. The van der Waals surface area contributed by atoms with Crippen LogP contribution in [0.2, 0.25) is 5.02 Å². The predicted molar refractivity (Wildman–Crippen MR) is 106 cm³/mol. The first-order valence-corrected chi connectivity index (χ1v) is 9.69. The van der Waals surface area contributed by atoms with Crippen molar-refractivity contribution >= 4 is 29.6 Å². The summed E-state index contributed by atoms with van der Waals surface area (Å²) in [5.74, 6) is -0.870. The quantitative estimate of drug-likeness (QED) is 0.660. The van der Waals surface area contributed by atoms with Crippen LogP contribution in [-0.4, -0.2) is 66.2 Å². The molecular weight excluding hydrogens is 407 g/mol. The number of amides is 2. The zero-order valence-electron chi connectivity index (χ0n) is 16.7. The van der Waals surface area contributed by atoms with Crippen molar-refractivity contribution in [1.82, 2.24) is 9.80 Å². The molecule has 0 unspecified atom stereocenters. The van der Waals surface area contributed by atoms with Crippen LogP contribution >= 0.6 is 11.6 Å². The Bertz CT molecular complexity index is 772. The fraction of sp³-hybridized carbons (Fsp3) is 0.550. The number of halogens is 4. The fourth-order valence-corrected chi connectivity index (χ4v) is 3.12. The van der Waals surface area contributed by atoms with Gasteiger partial charge in [0.05, 0.1) is 6.54 Å². The topological polar surface area (TPSA) is 53.0 Å². The second-order valence-corrected chi connectivity index (χ2v) is 8.15. The van der Waals surface area contributed by atoms with E-state index in [1.54, 1.807) is 30.5 Å². The molecule has 29 heavy (non-hydrogen) atoms. The molecule has 1 saturated heterocycles. The maximum absolute atomic E-state index is 13.1. The molecule has 9 heteroatoms. The second-order valence-electron chi connectivity index (χ2n) is 7.72. The summed E-state index contributed by atoms with van der Waals surface area (Å²) in [7, 11) is 1.18. The third kappa shape index (κ3) is 6.02. The van der Waals surface area contributed by atoms with Crippen LogP contribution in [0.1, 0.15) is 37.0 Å². The van der Waals surface area contributed by atoms with E-state index in [1.807, 2.05) is 4.90 Å². The number of carbonyl (C=O) groups excluding carboxylic acids is 2. The van der Waals surface area contributed by atoms with Crippen molar-refractivity contribution in [2.45, 2.75) is 38.4 Å². The minimum Gasteiger partial charge on any atom is -0.330 e. The average Bonchev–Trinajstić information content (AvgIpc) is 2.65. The molecular formula is C20H25ClF3N3O2. The predicted octanol–water partition coefficient (Wildman–Crippen LogP) is 4.06. The van der Waals surface area contributed by atoms with Gasteiger partial charge in [-0.15, -0.1) is 0 Å². The number of benzene rings is 1. The molecule has 2 amide bonds. The molecule has 0 bridgehead atoms. The van der Waals surface area contributed by atoms with Crippen LogP contribution in [0.15, 0.2) is 29.3 Å². The van der Waals surface area contributed by atoms with Crippen LogP contribution < -0.4 is 0 Å². The van der Waals surface area contributed by atoms with Gasteiger partial charge in [0.2, 0.25) is 5.91 Å². The second kappa shape index (κ2) is 9.26. The Morgan fingerprint density at radius 3 is 2.45 bits per heavy atom. The van der Waals surface area contributed by atoms with Gasteiger partial charge in [0, 0.05) is 23.8 Å². The van der Waals surface area contributed by atoms with E-state index >= 15 is 0 Å². The van der Waals surface area contributed by atoms with Gasteiger partial charge in [0.1, 0.15) is 5.54 Å². The summed E-state index contributed by atoms with van der Waals surface area (Å²) in [6.45, 7) is 3.01. The maximum atomic E-state index is 13.1. The van der Waals surface area contributed by atoms with Crippen molar-refractivity contribution in [1.29, 1.82) is 0 Å². The first-order valence-electron chi connectivity index (χ1n) is 9.31. The van der Waals surface area contributed by atoms with Gasteiger partial charge < -0.3 is 4.90 Å². The van der Waals surface area contributed by atoms with E-state index in [0.717, 1.165) is 18.7 Å². The SMILES string of the molecule is CN(C(=O)CN1CCC(/C=N/C(=O)c2cccc(Cl)c2)CC1)C(C)(C)C(F)(F)F. The van der Waals surface area contributed by atoms with E-state index in [1.165, 1.54) is 7.05 Å². The molecule has 0 aliphatic carbocycles. The third-order valence-corrected chi connectivity index (χ3v) is 5.61. The van der Waals surface area contributed by atoms with Crippen molar-refractivity contribution < 1.29 is 22.8 Å². The van der Waals surface area contributed by atoms with Gasteiger partial charge in [-0.2, -0.15) is 13.2 Å². The largest absolute Gasteiger partial charge is 0.411 e. The number of aliphatic imine (C=N–C) groups is 1. The van der Waals surface area contributed by atoms with Gasteiger partial charge >= 0.3 is 6.18 Å². The molecule has 0 spiro atoms. The number of hydrogen-bond acceptors (Lipinski definition) is 3. The minimum atomic E-state index is -4.50. The molecule has 1 aliphatic heterocycles. The Morgan fingerprint density at radius 2 is 1.90 bits per heavy atom. The van der Waals surface area contributed by atoms with Gasteiger partial charge in [0.15, 0.2) is 0 Å². The van der Waals surface area contributed by atoms with Gasteiger partial charge in [-0.25, -0.2) is 4.99 Å². The molecule has 1 aliphatic rings. The van der Waals surface area contributed by atoms with Crippen LogP contribution in [0.5, 0.6) is 0 Å². The van der Waals surface area contributed by atoms with E-state index in [-0.39, 0.29) is 18.4 Å². The lowest BCUT2D eigenvalue weighted by molar-refractivity contribution is -0.217. The summed E-state index contributed by atoms with van der Waals surface area (Å²) >= 11 is 5.87. The summed E-state index contributed by atoms with van der Waals surface area (Å²) in [4.78, 5) is 31.0. The fourth-order valence-electron chi connectivity index (χ4n) is 2.93. The summed E-state index contributed by atoms with van der Waals surface area (Å²) in [6.07, 6.45) is -1.55. The molecule has 0 atom stereocenters. The molecule has 0 aromatic heterocycles.